The molecule has 228 valence electrons. The number of benzene rings is 4. The summed E-state index contributed by atoms with van der Waals surface area (Å²) in [6.07, 6.45) is 0. The normalized spacial score (nSPS) is 11.4. The minimum Gasteiger partial charge on any atom is -0.214 e. The van der Waals surface area contributed by atoms with E-state index in [0.717, 1.165) is 14.3 Å². The van der Waals surface area contributed by atoms with Crippen molar-refractivity contribution in [2.75, 3.05) is 0 Å². The molecule has 0 amide bonds. The molecule has 6 aromatic rings. The molecule has 6 aromatic carbocycles. The molecule has 0 unspecified atom stereocenters. The molecule has 0 saturated carbocycles. The molecular formula is C39H38Cl4Zr-2. The molecule has 0 aromatic heterocycles. The Hall–Kier alpha value is -1.99. The van der Waals surface area contributed by atoms with Gasteiger partial charge >= 0.3 is 132 Å². The van der Waals surface area contributed by atoms with Gasteiger partial charge in [-0.25, -0.2) is 12.1 Å². The third kappa shape index (κ3) is 9.28. The Labute approximate surface area is 287 Å². The molecule has 0 fully saturated rings. The van der Waals surface area contributed by atoms with Crippen molar-refractivity contribution in [1.29, 1.82) is 0 Å². The van der Waals surface area contributed by atoms with Crippen molar-refractivity contribution in [2.45, 2.75) is 52.4 Å². The van der Waals surface area contributed by atoms with Crippen LogP contribution in [0.4, 0.5) is 0 Å². The number of hydrogen-bond acceptors (Lipinski definition) is 0. The summed E-state index contributed by atoms with van der Waals surface area (Å²) >= 11 is 9.20. The molecule has 0 aliphatic rings. The summed E-state index contributed by atoms with van der Waals surface area (Å²) in [4.78, 5) is 0. The quantitative estimate of drug-likeness (QED) is 0.155. The summed E-state index contributed by atoms with van der Waals surface area (Å²) in [5, 5.41) is 6.87. The van der Waals surface area contributed by atoms with E-state index in [0.29, 0.717) is 10.0 Å². The van der Waals surface area contributed by atoms with Crippen molar-refractivity contribution in [2.24, 2.45) is 0 Å². The first-order chi connectivity index (χ1) is 20.7. The molecule has 0 saturated heterocycles. The zero-order valence-electron chi connectivity index (χ0n) is 26.1. The van der Waals surface area contributed by atoms with Gasteiger partial charge in [0.1, 0.15) is 0 Å². The molecule has 0 radical (unpaired) electrons. The fourth-order valence-corrected chi connectivity index (χ4v) is 9.62. The number of hydrogen-bond donors (Lipinski definition) is 0. The Kier molecular flexibility index (Phi) is 11.9. The van der Waals surface area contributed by atoms with Crippen molar-refractivity contribution in [1.82, 2.24) is 0 Å². The second-order valence-corrected chi connectivity index (χ2v) is 21.9. The van der Waals surface area contributed by atoms with Gasteiger partial charge in [-0.05, 0) is 10.8 Å². The van der Waals surface area contributed by atoms with Gasteiger partial charge in [0.15, 0.2) is 0 Å². The Bertz CT molecular complexity index is 1690. The van der Waals surface area contributed by atoms with Gasteiger partial charge < -0.3 is 0 Å². The van der Waals surface area contributed by atoms with Crippen molar-refractivity contribution in [3.63, 3.8) is 0 Å². The third-order valence-electron chi connectivity index (χ3n) is 7.45. The number of fused-ring (bicyclic) bond motifs is 3. The molecule has 0 nitrogen and oxygen atoms in total. The van der Waals surface area contributed by atoms with Gasteiger partial charge in [-0.3, -0.25) is 0 Å². The van der Waals surface area contributed by atoms with E-state index in [2.05, 4.69) is 84.0 Å². The van der Waals surface area contributed by atoms with Gasteiger partial charge in [-0.2, -0.15) is 18.2 Å². The van der Waals surface area contributed by atoms with Crippen LogP contribution in [0, 0.1) is 0 Å². The van der Waals surface area contributed by atoms with Gasteiger partial charge in [-0.1, -0.05) is 76.9 Å². The fourth-order valence-electron chi connectivity index (χ4n) is 4.89. The Balaban J connectivity index is 0.000000175. The van der Waals surface area contributed by atoms with E-state index < -0.39 is 18.9 Å². The molecule has 0 atom stereocenters. The first-order valence-electron chi connectivity index (χ1n) is 14.6. The zero-order valence-corrected chi connectivity index (χ0v) is 31.5. The molecule has 0 spiro atoms. The largest absolute Gasteiger partial charge is 0.214 e. The second-order valence-electron chi connectivity index (χ2n) is 12.9. The van der Waals surface area contributed by atoms with E-state index >= 15 is 0 Å². The molecule has 0 aliphatic carbocycles. The van der Waals surface area contributed by atoms with Crippen LogP contribution in [-0.4, -0.2) is 3.21 Å². The van der Waals surface area contributed by atoms with Gasteiger partial charge in [0.2, 0.25) is 0 Å². The maximum Gasteiger partial charge on any atom is -0.172 e. The average Bonchev–Trinajstić information content (AvgIpc) is 3.66. The van der Waals surface area contributed by atoms with Gasteiger partial charge in [0.05, 0.1) is 0 Å². The van der Waals surface area contributed by atoms with E-state index in [1.54, 1.807) is 0 Å². The molecule has 5 heteroatoms. The van der Waals surface area contributed by atoms with E-state index in [-0.39, 0.29) is 10.8 Å². The van der Waals surface area contributed by atoms with Crippen molar-refractivity contribution in [3.8, 4) is 0 Å². The van der Waals surface area contributed by atoms with Crippen LogP contribution in [0.5, 0.6) is 0 Å². The third-order valence-corrected chi connectivity index (χ3v) is 12.5. The van der Waals surface area contributed by atoms with Crippen molar-refractivity contribution < 1.29 is 18.9 Å². The molecule has 0 aliphatic heterocycles. The van der Waals surface area contributed by atoms with Crippen LogP contribution >= 0.6 is 40.2 Å². The van der Waals surface area contributed by atoms with Crippen LogP contribution in [0.25, 0.3) is 21.5 Å². The standard InChI is InChI=1S/C21H25.C13H8Cl2.C5H5.2ClH.Zr/c1-20(2,3)16-7-9-18-14(12-16)11-15-13-17(21(4,5)6)8-10-19(15)18;14-12-5-1-10(2-6-12)9-11-3-7-13(15)8-4-11;1-2-4-5-3-1;;;/h7-13H,1-6H3;1-8H;1-5H;2*1H;/q-1;;-1;;;+2/p-2. The van der Waals surface area contributed by atoms with Crippen molar-refractivity contribution in [3.05, 3.63) is 154 Å². The predicted molar refractivity (Wildman–Crippen MR) is 194 cm³/mol. The van der Waals surface area contributed by atoms with Crippen LogP contribution < -0.4 is 0 Å². The number of halogens is 4. The van der Waals surface area contributed by atoms with Crippen LogP contribution in [-0.2, 0) is 29.7 Å². The van der Waals surface area contributed by atoms with Crippen molar-refractivity contribution >= 4 is 65.0 Å². The minimum atomic E-state index is -2.57. The second kappa shape index (κ2) is 15.1. The number of rotatable bonds is 2. The Morgan fingerprint density at radius 3 is 1.25 bits per heavy atom. The molecule has 0 heterocycles. The van der Waals surface area contributed by atoms with E-state index in [1.807, 2.05) is 78.9 Å². The van der Waals surface area contributed by atoms with Crippen LogP contribution in [0.2, 0.25) is 10.0 Å². The maximum absolute atomic E-state index is 6.25. The molecule has 6 rings (SSSR count). The zero-order chi connectivity index (χ0) is 32.1. The Morgan fingerprint density at radius 2 is 0.955 bits per heavy atom. The summed E-state index contributed by atoms with van der Waals surface area (Å²) in [7, 11) is 12.5. The predicted octanol–water partition coefficient (Wildman–Crippen LogP) is 13.2. The molecule has 44 heavy (non-hydrogen) atoms. The monoisotopic (exact) mass is 736 g/mol. The van der Waals surface area contributed by atoms with Crippen LogP contribution in [0.3, 0.4) is 0 Å². The summed E-state index contributed by atoms with van der Waals surface area (Å²) in [6.45, 7) is 13.6. The van der Waals surface area contributed by atoms with Gasteiger partial charge in [0, 0.05) is 0 Å². The minimum absolute atomic E-state index is 0.203. The molecule has 0 bridgehead atoms. The smallest absolute Gasteiger partial charge is 0.172 e. The van der Waals surface area contributed by atoms with Crippen LogP contribution in [0.15, 0.2) is 121 Å². The first kappa shape index (κ1) is 34.9. The fraction of sp³-hybridized carbons (Fsp3) is 0.205. The summed E-state index contributed by atoms with van der Waals surface area (Å²) in [5.41, 5.74) is 5.27. The Morgan fingerprint density at radius 1 is 0.568 bits per heavy atom. The van der Waals surface area contributed by atoms with E-state index in [1.165, 1.54) is 32.7 Å². The summed E-state index contributed by atoms with van der Waals surface area (Å²) in [6, 6.07) is 41.3. The first-order valence-corrected chi connectivity index (χ1v) is 22.9. The average molecular weight is 740 g/mol. The molecular weight excluding hydrogens is 701 g/mol. The van der Waals surface area contributed by atoms with Gasteiger partial charge in [-0.15, -0.1) is 39.7 Å². The van der Waals surface area contributed by atoms with E-state index in [9.17, 15) is 0 Å². The topological polar surface area (TPSA) is 0 Å². The van der Waals surface area contributed by atoms with E-state index in [4.69, 9.17) is 40.2 Å². The molecule has 0 N–H and O–H groups in total. The SMILES string of the molecule is CC(C)(C)c1ccc2c(c1)[cH-]c1cc(C(C)(C)C)ccc12.Clc1ccc([C](c2ccc(Cl)cc2)=[Zr]([Cl])[Cl])cc1.c1cc[cH-]c1. The maximum atomic E-state index is 6.25. The summed E-state index contributed by atoms with van der Waals surface area (Å²) < 4.78 is 1.04. The summed E-state index contributed by atoms with van der Waals surface area (Å²) in [5.74, 6) is 0. The van der Waals surface area contributed by atoms with Gasteiger partial charge in [0.25, 0.3) is 0 Å². The van der Waals surface area contributed by atoms with Crippen LogP contribution in [0.1, 0.15) is 63.8 Å².